The summed E-state index contributed by atoms with van der Waals surface area (Å²) in [5, 5.41) is 0. The van der Waals surface area contributed by atoms with Crippen LogP contribution in [0.2, 0.25) is 0 Å². The zero-order chi connectivity index (χ0) is 9.26. The molecule has 0 aromatic carbocycles. The van der Waals surface area contributed by atoms with Crippen LogP contribution in [0.15, 0.2) is 0 Å². The number of likely N-dealkylation sites (N-methyl/N-ethyl adjacent to an activating group) is 1. The zero-order valence-electron chi connectivity index (χ0n) is 8.41. The lowest BCUT2D eigenvalue weighted by Crippen LogP contribution is -2.50. The van der Waals surface area contributed by atoms with E-state index in [-0.39, 0.29) is 0 Å². The van der Waals surface area contributed by atoms with Crippen LogP contribution in [0, 0.1) is 0 Å². The first-order chi connectivity index (χ1) is 6.25. The molecule has 3 nitrogen and oxygen atoms in total. The molecular formula is C10H20N2O. The first kappa shape index (κ1) is 9.44. The number of ether oxygens (including phenoxy) is 1. The van der Waals surface area contributed by atoms with Crippen molar-refractivity contribution in [1.82, 2.24) is 4.90 Å². The minimum absolute atomic E-state index is 0.456. The molecule has 76 valence electrons. The van der Waals surface area contributed by atoms with Gasteiger partial charge >= 0.3 is 0 Å². The Morgan fingerprint density at radius 2 is 2.23 bits per heavy atom. The second-order valence-electron chi connectivity index (χ2n) is 4.46. The smallest absolute Gasteiger partial charge is 0.0702 e. The Labute approximate surface area is 80.2 Å². The highest BCUT2D eigenvalue weighted by molar-refractivity contribution is 4.89. The van der Waals surface area contributed by atoms with Gasteiger partial charge < -0.3 is 15.4 Å². The van der Waals surface area contributed by atoms with E-state index in [2.05, 4.69) is 11.9 Å². The monoisotopic (exact) mass is 184 g/mol. The number of nitrogens with two attached hydrogens (primary N) is 1. The maximum atomic E-state index is 5.76. The van der Waals surface area contributed by atoms with E-state index in [0.29, 0.717) is 12.1 Å². The molecule has 1 aliphatic heterocycles. The van der Waals surface area contributed by atoms with Crippen LogP contribution >= 0.6 is 0 Å². The third-order valence-corrected chi connectivity index (χ3v) is 3.29. The van der Waals surface area contributed by atoms with Crippen LogP contribution in [0.5, 0.6) is 0 Å². The van der Waals surface area contributed by atoms with Gasteiger partial charge in [-0.2, -0.15) is 0 Å². The van der Waals surface area contributed by atoms with E-state index in [0.717, 1.165) is 19.2 Å². The first-order valence-electron chi connectivity index (χ1n) is 5.33. The summed E-state index contributed by atoms with van der Waals surface area (Å²) in [6.45, 7) is 2.06. The van der Waals surface area contributed by atoms with Crippen molar-refractivity contribution >= 4 is 0 Å². The fraction of sp³-hybridized carbons (Fsp3) is 1.00. The van der Waals surface area contributed by atoms with E-state index in [1.165, 1.54) is 25.7 Å². The van der Waals surface area contributed by atoms with Crippen molar-refractivity contribution < 1.29 is 4.74 Å². The average molecular weight is 184 g/mol. The Balaban J connectivity index is 1.68. The SMILES string of the molecule is CN(CC1CCCO1)C1CC(N)C1. The predicted octanol–water partition coefficient (Wildman–Crippen LogP) is 0.587. The van der Waals surface area contributed by atoms with Crippen LogP contribution in [0.25, 0.3) is 0 Å². The number of hydrogen-bond donors (Lipinski definition) is 1. The van der Waals surface area contributed by atoms with Gasteiger partial charge in [-0.05, 0) is 32.7 Å². The van der Waals surface area contributed by atoms with Gasteiger partial charge in [-0.3, -0.25) is 0 Å². The van der Waals surface area contributed by atoms with Gasteiger partial charge in [-0.1, -0.05) is 0 Å². The standard InChI is InChI=1S/C10H20N2O/c1-12(9-5-8(11)6-9)7-10-3-2-4-13-10/h8-10H,2-7,11H2,1H3. The Morgan fingerprint density at radius 3 is 2.77 bits per heavy atom. The Kier molecular flexibility index (Phi) is 2.86. The largest absolute Gasteiger partial charge is 0.377 e. The molecule has 0 bridgehead atoms. The summed E-state index contributed by atoms with van der Waals surface area (Å²) >= 11 is 0. The van der Waals surface area contributed by atoms with Crippen LogP contribution in [0.1, 0.15) is 25.7 Å². The second kappa shape index (κ2) is 3.95. The van der Waals surface area contributed by atoms with Gasteiger partial charge in [-0.25, -0.2) is 0 Å². The lowest BCUT2D eigenvalue weighted by atomic mass is 9.86. The highest BCUT2D eigenvalue weighted by Crippen LogP contribution is 2.24. The average Bonchev–Trinajstić information content (AvgIpc) is 2.51. The van der Waals surface area contributed by atoms with Crippen molar-refractivity contribution in [2.45, 2.75) is 43.9 Å². The van der Waals surface area contributed by atoms with Crippen molar-refractivity contribution in [1.29, 1.82) is 0 Å². The second-order valence-corrected chi connectivity index (χ2v) is 4.46. The number of rotatable bonds is 3. The van der Waals surface area contributed by atoms with Crippen LogP contribution in [0.3, 0.4) is 0 Å². The molecule has 0 aromatic rings. The van der Waals surface area contributed by atoms with Crippen LogP contribution < -0.4 is 5.73 Å². The summed E-state index contributed by atoms with van der Waals surface area (Å²) in [4.78, 5) is 2.42. The number of hydrogen-bond acceptors (Lipinski definition) is 3. The molecular weight excluding hydrogens is 164 g/mol. The van der Waals surface area contributed by atoms with Gasteiger partial charge in [-0.15, -0.1) is 0 Å². The van der Waals surface area contributed by atoms with E-state index in [1.807, 2.05) is 0 Å². The van der Waals surface area contributed by atoms with Crippen LogP contribution in [-0.2, 0) is 4.74 Å². The van der Waals surface area contributed by atoms with E-state index in [9.17, 15) is 0 Å². The Bertz CT molecular complexity index is 162. The van der Waals surface area contributed by atoms with Crippen LogP contribution in [0.4, 0.5) is 0 Å². The summed E-state index contributed by atoms with van der Waals surface area (Å²) in [6.07, 6.45) is 5.31. The minimum atomic E-state index is 0.456. The maximum Gasteiger partial charge on any atom is 0.0702 e. The van der Waals surface area contributed by atoms with Gasteiger partial charge in [0, 0.05) is 25.2 Å². The molecule has 1 saturated heterocycles. The summed E-state index contributed by atoms with van der Waals surface area (Å²) in [6, 6.07) is 1.18. The van der Waals surface area contributed by atoms with E-state index >= 15 is 0 Å². The van der Waals surface area contributed by atoms with Gasteiger partial charge in [0.25, 0.3) is 0 Å². The molecule has 0 radical (unpaired) electrons. The molecule has 1 heterocycles. The molecule has 2 aliphatic rings. The predicted molar refractivity (Wildman–Crippen MR) is 52.6 cm³/mol. The zero-order valence-corrected chi connectivity index (χ0v) is 8.41. The fourth-order valence-electron chi connectivity index (χ4n) is 2.25. The van der Waals surface area contributed by atoms with Crippen LogP contribution in [-0.4, -0.2) is 43.3 Å². The fourth-order valence-corrected chi connectivity index (χ4v) is 2.25. The minimum Gasteiger partial charge on any atom is -0.377 e. The van der Waals surface area contributed by atoms with Gasteiger partial charge in [0.05, 0.1) is 6.10 Å². The van der Waals surface area contributed by atoms with E-state index in [1.54, 1.807) is 0 Å². The van der Waals surface area contributed by atoms with Gasteiger partial charge in [0.15, 0.2) is 0 Å². The lowest BCUT2D eigenvalue weighted by Gasteiger charge is -2.40. The molecule has 0 amide bonds. The third kappa shape index (κ3) is 2.22. The lowest BCUT2D eigenvalue weighted by molar-refractivity contribution is 0.0473. The van der Waals surface area contributed by atoms with Gasteiger partial charge in [0.2, 0.25) is 0 Å². The molecule has 2 rings (SSSR count). The van der Waals surface area contributed by atoms with Crippen molar-refractivity contribution in [2.24, 2.45) is 5.73 Å². The van der Waals surface area contributed by atoms with Crippen molar-refractivity contribution in [3.05, 3.63) is 0 Å². The molecule has 1 unspecified atom stereocenters. The topological polar surface area (TPSA) is 38.5 Å². The van der Waals surface area contributed by atoms with Crippen molar-refractivity contribution in [3.63, 3.8) is 0 Å². The molecule has 0 aromatic heterocycles. The highest BCUT2D eigenvalue weighted by atomic mass is 16.5. The molecule has 2 fully saturated rings. The van der Waals surface area contributed by atoms with Gasteiger partial charge in [0.1, 0.15) is 0 Å². The normalized spacial score (nSPS) is 39.5. The van der Waals surface area contributed by atoms with Crippen molar-refractivity contribution in [3.8, 4) is 0 Å². The molecule has 13 heavy (non-hydrogen) atoms. The quantitative estimate of drug-likeness (QED) is 0.697. The molecule has 2 N–H and O–H groups in total. The summed E-state index contributed by atoms with van der Waals surface area (Å²) in [7, 11) is 2.19. The molecule has 1 aliphatic carbocycles. The Morgan fingerprint density at radius 1 is 1.46 bits per heavy atom. The highest BCUT2D eigenvalue weighted by Gasteiger charge is 2.30. The number of nitrogens with zero attached hydrogens (tertiary/aromatic N) is 1. The summed E-state index contributed by atoms with van der Waals surface area (Å²) in [5.41, 5.74) is 5.76. The Hall–Kier alpha value is -0.120. The summed E-state index contributed by atoms with van der Waals surface area (Å²) < 4.78 is 5.60. The van der Waals surface area contributed by atoms with E-state index < -0.39 is 0 Å². The maximum absolute atomic E-state index is 5.76. The van der Waals surface area contributed by atoms with Crippen molar-refractivity contribution in [2.75, 3.05) is 20.2 Å². The van der Waals surface area contributed by atoms with E-state index in [4.69, 9.17) is 10.5 Å². The summed E-state index contributed by atoms with van der Waals surface area (Å²) in [5.74, 6) is 0. The molecule has 3 heteroatoms. The third-order valence-electron chi connectivity index (χ3n) is 3.29. The molecule has 1 atom stereocenters. The molecule has 1 saturated carbocycles. The first-order valence-corrected chi connectivity index (χ1v) is 5.33. The molecule has 0 spiro atoms.